The molecule has 5 nitrogen and oxygen atoms in total. The molecule has 0 spiro atoms. The number of nitrogens with one attached hydrogen (secondary N) is 1. The van der Waals surface area contributed by atoms with Gasteiger partial charge in [0.15, 0.2) is 0 Å². The van der Waals surface area contributed by atoms with Crippen molar-refractivity contribution < 1.29 is 8.78 Å². The summed E-state index contributed by atoms with van der Waals surface area (Å²) in [6.07, 6.45) is 2.35. The summed E-state index contributed by atoms with van der Waals surface area (Å²) in [6.45, 7) is 7.50. The van der Waals surface area contributed by atoms with E-state index in [0.29, 0.717) is 22.7 Å². The Balaban J connectivity index is 1.78. The first-order chi connectivity index (χ1) is 14.2. The number of halogens is 2. The van der Waals surface area contributed by atoms with Crippen LogP contribution >= 0.6 is 0 Å². The topological polar surface area (TPSA) is 59.8 Å². The van der Waals surface area contributed by atoms with Gasteiger partial charge in [-0.15, -0.1) is 0 Å². The van der Waals surface area contributed by atoms with Crippen LogP contribution in [0.4, 0.5) is 14.6 Å². The molecule has 0 bridgehead atoms. The molecule has 1 aliphatic carbocycles. The second-order valence-electron chi connectivity index (χ2n) is 8.48. The van der Waals surface area contributed by atoms with E-state index in [-0.39, 0.29) is 22.7 Å². The molecule has 0 aliphatic heterocycles. The zero-order chi connectivity index (χ0) is 21.6. The van der Waals surface area contributed by atoms with Crippen LogP contribution in [0.25, 0.3) is 10.9 Å². The lowest BCUT2D eigenvalue weighted by Crippen LogP contribution is -2.43. The standard InChI is InChI=1S/C23H26F2N4O/c1-13-16(7-5-8-17(13)21(24)25)14(2)26-22-18-12-29(23(4)9-6-10-23)20(30)11-19(18)27-15(3)28-22/h5,7-8,11-12,14,21H,6,9-10H2,1-4H3,(H,26,27,28)/t14-/m1/s1. The lowest BCUT2D eigenvalue weighted by Gasteiger charge is -2.40. The van der Waals surface area contributed by atoms with Crippen LogP contribution in [0.2, 0.25) is 0 Å². The molecule has 4 rings (SSSR count). The van der Waals surface area contributed by atoms with Gasteiger partial charge in [0.05, 0.1) is 16.9 Å². The van der Waals surface area contributed by atoms with Crippen LogP contribution in [0, 0.1) is 13.8 Å². The fourth-order valence-corrected chi connectivity index (χ4v) is 4.34. The molecule has 0 amide bonds. The van der Waals surface area contributed by atoms with Gasteiger partial charge >= 0.3 is 0 Å². The van der Waals surface area contributed by atoms with Crippen LogP contribution in [0.5, 0.6) is 0 Å². The van der Waals surface area contributed by atoms with Crippen molar-refractivity contribution in [3.63, 3.8) is 0 Å². The maximum absolute atomic E-state index is 13.3. The number of aromatic nitrogens is 3. The molecule has 1 atom stereocenters. The summed E-state index contributed by atoms with van der Waals surface area (Å²) in [6, 6.07) is 6.27. The molecule has 0 radical (unpaired) electrons. The van der Waals surface area contributed by atoms with Gasteiger partial charge in [0.1, 0.15) is 11.6 Å². The molecule has 2 heterocycles. The maximum atomic E-state index is 13.3. The van der Waals surface area contributed by atoms with Crippen molar-refractivity contribution in [2.45, 2.75) is 65.0 Å². The molecular formula is C23H26F2N4O. The number of hydrogen-bond donors (Lipinski definition) is 1. The molecule has 7 heteroatoms. The highest BCUT2D eigenvalue weighted by Crippen LogP contribution is 2.38. The normalized spacial score (nSPS) is 16.5. The summed E-state index contributed by atoms with van der Waals surface area (Å²) in [7, 11) is 0. The quantitative estimate of drug-likeness (QED) is 0.608. The first kappa shape index (κ1) is 20.4. The van der Waals surface area contributed by atoms with Crippen molar-refractivity contribution in [2.24, 2.45) is 0 Å². The Morgan fingerprint density at radius 1 is 1.17 bits per heavy atom. The number of nitrogens with zero attached hydrogens (tertiary/aromatic N) is 3. The van der Waals surface area contributed by atoms with Crippen LogP contribution in [0.3, 0.4) is 0 Å². The van der Waals surface area contributed by atoms with E-state index in [1.165, 1.54) is 6.07 Å². The highest BCUT2D eigenvalue weighted by Gasteiger charge is 2.34. The highest BCUT2D eigenvalue weighted by molar-refractivity contribution is 5.88. The molecule has 1 saturated carbocycles. The lowest BCUT2D eigenvalue weighted by atomic mass is 9.78. The molecule has 158 valence electrons. The van der Waals surface area contributed by atoms with E-state index in [1.807, 2.05) is 19.2 Å². The summed E-state index contributed by atoms with van der Waals surface area (Å²) in [5, 5.41) is 4.12. The summed E-state index contributed by atoms with van der Waals surface area (Å²) in [4.78, 5) is 21.7. The third-order valence-corrected chi connectivity index (χ3v) is 6.33. The van der Waals surface area contributed by atoms with Crippen LogP contribution in [0.15, 0.2) is 35.3 Å². The Labute approximate surface area is 174 Å². The van der Waals surface area contributed by atoms with E-state index < -0.39 is 6.43 Å². The van der Waals surface area contributed by atoms with Gasteiger partial charge in [-0.1, -0.05) is 18.2 Å². The lowest BCUT2D eigenvalue weighted by molar-refractivity contribution is 0.150. The minimum atomic E-state index is -2.52. The summed E-state index contributed by atoms with van der Waals surface area (Å²) < 4.78 is 28.4. The van der Waals surface area contributed by atoms with Gasteiger partial charge in [-0.3, -0.25) is 4.79 Å². The number of benzene rings is 1. The second-order valence-corrected chi connectivity index (χ2v) is 8.48. The minimum Gasteiger partial charge on any atom is -0.363 e. The number of anilines is 1. The number of aryl methyl sites for hydroxylation is 1. The van der Waals surface area contributed by atoms with Gasteiger partial charge in [-0.25, -0.2) is 18.7 Å². The average molecular weight is 412 g/mol. The first-order valence-corrected chi connectivity index (χ1v) is 10.3. The van der Waals surface area contributed by atoms with Crippen molar-refractivity contribution in [2.75, 3.05) is 5.32 Å². The zero-order valence-electron chi connectivity index (χ0n) is 17.7. The average Bonchev–Trinajstić information content (AvgIpc) is 2.65. The van der Waals surface area contributed by atoms with Crippen molar-refractivity contribution in [1.29, 1.82) is 0 Å². The van der Waals surface area contributed by atoms with Crippen LogP contribution in [0.1, 0.15) is 68.1 Å². The molecule has 30 heavy (non-hydrogen) atoms. The minimum absolute atomic E-state index is 0.0385. The Kier molecular flexibility index (Phi) is 5.08. The van der Waals surface area contributed by atoms with Crippen molar-refractivity contribution in [3.8, 4) is 0 Å². The number of alkyl halides is 2. The highest BCUT2D eigenvalue weighted by atomic mass is 19.3. The molecule has 1 N–H and O–H groups in total. The Morgan fingerprint density at radius 3 is 2.50 bits per heavy atom. The van der Waals surface area contributed by atoms with E-state index in [1.54, 1.807) is 30.5 Å². The van der Waals surface area contributed by atoms with Gasteiger partial charge in [-0.2, -0.15) is 0 Å². The third-order valence-electron chi connectivity index (χ3n) is 6.33. The predicted octanol–water partition coefficient (Wildman–Crippen LogP) is 5.42. The van der Waals surface area contributed by atoms with E-state index in [2.05, 4.69) is 22.2 Å². The molecule has 1 aromatic carbocycles. The van der Waals surface area contributed by atoms with E-state index in [9.17, 15) is 13.6 Å². The number of pyridine rings is 1. The number of rotatable bonds is 5. The molecule has 2 aromatic heterocycles. The van der Waals surface area contributed by atoms with Gasteiger partial charge < -0.3 is 9.88 Å². The monoisotopic (exact) mass is 412 g/mol. The summed E-state index contributed by atoms with van der Waals surface area (Å²) in [5.41, 5.74) is 1.73. The van der Waals surface area contributed by atoms with Gasteiger partial charge in [-0.05, 0) is 58.1 Å². The molecular weight excluding hydrogens is 386 g/mol. The van der Waals surface area contributed by atoms with Gasteiger partial charge in [0.25, 0.3) is 12.0 Å². The van der Waals surface area contributed by atoms with Crippen LogP contribution in [-0.2, 0) is 5.54 Å². The smallest absolute Gasteiger partial charge is 0.264 e. The zero-order valence-corrected chi connectivity index (χ0v) is 17.7. The van der Waals surface area contributed by atoms with Crippen LogP contribution < -0.4 is 10.9 Å². The van der Waals surface area contributed by atoms with Gasteiger partial charge in [0, 0.05) is 23.4 Å². The SMILES string of the molecule is Cc1nc(N[C@H](C)c2cccc(C(F)F)c2C)c2cn(C3(C)CCC3)c(=O)cc2n1. The van der Waals surface area contributed by atoms with Crippen LogP contribution in [-0.4, -0.2) is 14.5 Å². The largest absolute Gasteiger partial charge is 0.363 e. The Hall–Kier alpha value is -2.83. The molecule has 0 saturated heterocycles. The molecule has 0 unspecified atom stereocenters. The fraction of sp³-hybridized carbons (Fsp3) is 0.435. The second kappa shape index (κ2) is 7.45. The third kappa shape index (κ3) is 3.46. The molecule has 1 aliphatic rings. The number of hydrogen-bond acceptors (Lipinski definition) is 4. The van der Waals surface area contributed by atoms with E-state index in [0.717, 1.165) is 30.2 Å². The summed E-state index contributed by atoms with van der Waals surface area (Å²) >= 11 is 0. The fourth-order valence-electron chi connectivity index (χ4n) is 4.34. The van der Waals surface area contributed by atoms with Gasteiger partial charge in [0.2, 0.25) is 0 Å². The van der Waals surface area contributed by atoms with Crippen molar-refractivity contribution in [1.82, 2.24) is 14.5 Å². The van der Waals surface area contributed by atoms with E-state index >= 15 is 0 Å². The van der Waals surface area contributed by atoms with Crippen molar-refractivity contribution >= 4 is 16.7 Å². The summed E-state index contributed by atoms with van der Waals surface area (Å²) in [5.74, 6) is 1.14. The predicted molar refractivity (Wildman–Crippen MR) is 114 cm³/mol. The Morgan fingerprint density at radius 2 is 1.87 bits per heavy atom. The van der Waals surface area contributed by atoms with E-state index in [4.69, 9.17) is 0 Å². The molecule has 3 aromatic rings. The van der Waals surface area contributed by atoms with Crippen molar-refractivity contribution in [3.05, 3.63) is 63.3 Å². The molecule has 1 fully saturated rings. The maximum Gasteiger partial charge on any atom is 0.264 e. The number of fused-ring (bicyclic) bond motifs is 1. The Bertz CT molecular complexity index is 1170. The first-order valence-electron chi connectivity index (χ1n) is 10.3.